The number of carbonyl (C=O) groups excluding carboxylic acids is 1. The Bertz CT molecular complexity index is 1360. The summed E-state index contributed by atoms with van der Waals surface area (Å²) in [5.41, 5.74) is -1.69. The van der Waals surface area contributed by atoms with Gasteiger partial charge >= 0.3 is 6.18 Å². The van der Waals surface area contributed by atoms with Crippen LogP contribution in [0, 0.1) is 11.3 Å². The molecule has 12 heteroatoms. The molecule has 3 aromatic rings. The minimum absolute atomic E-state index is 0.0843. The van der Waals surface area contributed by atoms with E-state index >= 15 is 0 Å². The minimum Gasteiger partial charge on any atom is -0.390 e. The number of anilines is 2. The predicted molar refractivity (Wildman–Crippen MR) is 137 cm³/mol. The van der Waals surface area contributed by atoms with Crippen molar-refractivity contribution in [2.75, 3.05) is 29.9 Å². The molecule has 0 spiro atoms. The molecule has 0 aliphatic carbocycles. The third kappa shape index (κ3) is 4.77. The number of nitrogens with one attached hydrogen (secondary N) is 2. The second kappa shape index (κ2) is 9.11. The van der Waals surface area contributed by atoms with Crippen LogP contribution in [0.1, 0.15) is 46.1 Å². The second-order valence-electron chi connectivity index (χ2n) is 11.3. The van der Waals surface area contributed by atoms with E-state index in [1.165, 1.54) is 10.7 Å². The lowest BCUT2D eigenvalue weighted by Gasteiger charge is -2.38. The molecule has 0 unspecified atom stereocenters. The quantitative estimate of drug-likeness (QED) is 0.460. The zero-order chi connectivity index (χ0) is 27.5. The van der Waals surface area contributed by atoms with Gasteiger partial charge in [0.2, 0.25) is 11.9 Å². The average molecular weight is 532 g/mol. The van der Waals surface area contributed by atoms with Crippen molar-refractivity contribution in [1.29, 1.82) is 0 Å². The van der Waals surface area contributed by atoms with Crippen LogP contribution in [-0.4, -0.2) is 62.0 Å². The van der Waals surface area contributed by atoms with Gasteiger partial charge in [-0.05, 0) is 64.7 Å². The van der Waals surface area contributed by atoms with Crippen molar-refractivity contribution in [1.82, 2.24) is 25.1 Å². The monoisotopic (exact) mass is 531 g/mol. The molecule has 5 rings (SSSR count). The van der Waals surface area contributed by atoms with Crippen LogP contribution in [0.3, 0.4) is 0 Å². The number of halogens is 3. The molecule has 1 amide bonds. The molecule has 9 nitrogen and oxygen atoms in total. The maximum Gasteiger partial charge on any atom is 0.416 e. The Balaban J connectivity index is 1.57. The van der Waals surface area contributed by atoms with E-state index in [1.807, 2.05) is 27.7 Å². The van der Waals surface area contributed by atoms with Crippen molar-refractivity contribution in [3.8, 4) is 5.69 Å². The molecule has 38 heavy (non-hydrogen) atoms. The van der Waals surface area contributed by atoms with Gasteiger partial charge in [0.15, 0.2) is 5.65 Å². The second-order valence-corrected chi connectivity index (χ2v) is 11.3. The highest BCUT2D eigenvalue weighted by molar-refractivity contribution is 5.89. The number of alkyl halides is 3. The average Bonchev–Trinajstić information content (AvgIpc) is 3.39. The molecule has 0 radical (unpaired) electrons. The SMILES string of the molecule is CC(C)(O)C1CCN(c2nc(N[C@@H]3CNC(=O)C3(C)C)nc3c2cnn3-c2cccc(C(F)(F)F)c2)CC1. The molecule has 2 aromatic heterocycles. The summed E-state index contributed by atoms with van der Waals surface area (Å²) in [5, 5.41) is 21.6. The Hall–Kier alpha value is -3.41. The Kier molecular flexibility index (Phi) is 6.28. The fourth-order valence-electron chi connectivity index (χ4n) is 5.22. The van der Waals surface area contributed by atoms with E-state index in [0.717, 1.165) is 25.0 Å². The third-order valence-corrected chi connectivity index (χ3v) is 7.85. The van der Waals surface area contributed by atoms with Crippen LogP contribution >= 0.6 is 0 Å². The fraction of sp³-hybridized carbons (Fsp3) is 0.538. The number of carbonyl (C=O) groups is 1. The lowest BCUT2D eigenvalue weighted by molar-refractivity contribution is -0.137. The van der Waals surface area contributed by atoms with Gasteiger partial charge in [0.1, 0.15) is 5.82 Å². The summed E-state index contributed by atoms with van der Waals surface area (Å²) in [6.07, 6.45) is -1.41. The molecule has 1 aromatic carbocycles. The molecule has 0 bridgehead atoms. The van der Waals surface area contributed by atoms with Crippen LogP contribution in [0.2, 0.25) is 0 Å². The number of hydrogen-bond acceptors (Lipinski definition) is 7. The number of piperidine rings is 1. The van der Waals surface area contributed by atoms with Gasteiger partial charge in [0.25, 0.3) is 0 Å². The normalized spacial score (nSPS) is 20.7. The summed E-state index contributed by atoms with van der Waals surface area (Å²) in [4.78, 5) is 23.9. The van der Waals surface area contributed by atoms with Gasteiger partial charge in [-0.3, -0.25) is 4.79 Å². The van der Waals surface area contributed by atoms with Gasteiger partial charge in [0, 0.05) is 19.6 Å². The fourth-order valence-corrected chi connectivity index (χ4v) is 5.22. The lowest BCUT2D eigenvalue weighted by atomic mass is 9.83. The first kappa shape index (κ1) is 26.2. The van der Waals surface area contributed by atoms with Crippen LogP contribution in [-0.2, 0) is 11.0 Å². The zero-order valence-electron chi connectivity index (χ0n) is 21.8. The maximum atomic E-state index is 13.4. The summed E-state index contributed by atoms with van der Waals surface area (Å²) in [5.74, 6) is 0.928. The molecule has 2 fully saturated rings. The molecule has 0 saturated carbocycles. The third-order valence-electron chi connectivity index (χ3n) is 7.85. The van der Waals surface area contributed by atoms with Gasteiger partial charge in [-0.1, -0.05) is 6.07 Å². The number of fused-ring (bicyclic) bond motifs is 1. The highest BCUT2D eigenvalue weighted by Gasteiger charge is 2.43. The van der Waals surface area contributed by atoms with Crippen LogP contribution in [0.5, 0.6) is 0 Å². The van der Waals surface area contributed by atoms with Gasteiger partial charge in [-0.2, -0.15) is 28.2 Å². The smallest absolute Gasteiger partial charge is 0.390 e. The van der Waals surface area contributed by atoms with Crippen molar-refractivity contribution >= 4 is 28.7 Å². The van der Waals surface area contributed by atoms with Crippen LogP contribution in [0.15, 0.2) is 30.5 Å². The summed E-state index contributed by atoms with van der Waals surface area (Å²) >= 11 is 0. The summed E-state index contributed by atoms with van der Waals surface area (Å²) in [6.45, 7) is 8.98. The van der Waals surface area contributed by atoms with E-state index in [2.05, 4.69) is 25.6 Å². The van der Waals surface area contributed by atoms with E-state index in [1.54, 1.807) is 12.3 Å². The van der Waals surface area contributed by atoms with E-state index in [0.29, 0.717) is 36.5 Å². The van der Waals surface area contributed by atoms with E-state index in [9.17, 15) is 23.1 Å². The van der Waals surface area contributed by atoms with Crippen molar-refractivity contribution < 1.29 is 23.1 Å². The van der Waals surface area contributed by atoms with Crippen molar-refractivity contribution in [2.24, 2.45) is 11.3 Å². The number of hydrogen-bond donors (Lipinski definition) is 3. The Morgan fingerprint density at radius 2 is 1.87 bits per heavy atom. The lowest BCUT2D eigenvalue weighted by Crippen LogP contribution is -2.42. The molecule has 1 atom stereocenters. The zero-order valence-corrected chi connectivity index (χ0v) is 21.8. The molecule has 2 aliphatic heterocycles. The maximum absolute atomic E-state index is 13.4. The first-order valence-electron chi connectivity index (χ1n) is 12.7. The molecule has 2 saturated heterocycles. The Morgan fingerprint density at radius 1 is 1.16 bits per heavy atom. The van der Waals surface area contributed by atoms with Gasteiger partial charge < -0.3 is 20.6 Å². The first-order chi connectivity index (χ1) is 17.7. The van der Waals surface area contributed by atoms with Crippen LogP contribution in [0.4, 0.5) is 24.9 Å². The molecular formula is C26H32F3N7O2. The number of aliphatic hydroxyl groups is 1. The summed E-state index contributed by atoms with van der Waals surface area (Å²) < 4.78 is 41.6. The minimum atomic E-state index is -4.50. The number of benzene rings is 1. The van der Waals surface area contributed by atoms with E-state index < -0.39 is 22.8 Å². The molecular weight excluding hydrogens is 499 g/mol. The highest BCUT2D eigenvalue weighted by Crippen LogP contribution is 2.35. The van der Waals surface area contributed by atoms with Gasteiger partial charge in [0.05, 0.1) is 39.9 Å². The molecule has 2 aliphatic rings. The van der Waals surface area contributed by atoms with Crippen molar-refractivity contribution in [3.05, 3.63) is 36.0 Å². The summed E-state index contributed by atoms with van der Waals surface area (Å²) in [6, 6.07) is 4.66. The predicted octanol–water partition coefficient (Wildman–Crippen LogP) is 3.76. The number of amides is 1. The van der Waals surface area contributed by atoms with Crippen LogP contribution in [0.25, 0.3) is 16.7 Å². The van der Waals surface area contributed by atoms with E-state index in [4.69, 9.17) is 4.98 Å². The molecule has 204 valence electrons. The largest absolute Gasteiger partial charge is 0.416 e. The number of nitrogens with zero attached hydrogens (tertiary/aromatic N) is 5. The van der Waals surface area contributed by atoms with E-state index in [-0.39, 0.29) is 29.5 Å². The molecule has 4 heterocycles. The van der Waals surface area contributed by atoms with Gasteiger partial charge in [-0.25, -0.2) is 4.68 Å². The highest BCUT2D eigenvalue weighted by atomic mass is 19.4. The van der Waals surface area contributed by atoms with Gasteiger partial charge in [-0.15, -0.1) is 0 Å². The first-order valence-corrected chi connectivity index (χ1v) is 12.7. The standard InChI is InChI=1S/C26H32F3N7O2/c1-24(2)19(14-30-22(24)37)32-23-33-20(35-10-8-15(9-11-35)25(3,4)38)18-13-31-36(21(18)34-23)17-7-5-6-16(12-17)26(27,28)29/h5-7,12-13,15,19,38H,8-11,14H2,1-4H3,(H,30,37)(H,32,33,34)/t19-/m1/s1. The van der Waals surface area contributed by atoms with Crippen molar-refractivity contribution in [2.45, 2.75) is 58.4 Å². The Morgan fingerprint density at radius 3 is 2.47 bits per heavy atom. The van der Waals surface area contributed by atoms with Crippen LogP contribution < -0.4 is 15.5 Å². The summed E-state index contributed by atoms with van der Waals surface area (Å²) in [7, 11) is 0. The Labute approximate surface area is 218 Å². The molecule has 3 N–H and O–H groups in total. The number of rotatable bonds is 5. The van der Waals surface area contributed by atoms with Crippen molar-refractivity contribution in [3.63, 3.8) is 0 Å². The number of aromatic nitrogens is 4. The topological polar surface area (TPSA) is 108 Å².